The lowest BCUT2D eigenvalue weighted by Crippen LogP contribution is -2.39. The summed E-state index contributed by atoms with van der Waals surface area (Å²) in [6.07, 6.45) is 5.99. The Morgan fingerprint density at radius 1 is 1.31 bits per heavy atom. The molecule has 0 aromatic carbocycles. The van der Waals surface area contributed by atoms with Gasteiger partial charge in [0.2, 0.25) is 10.0 Å². The van der Waals surface area contributed by atoms with Crippen molar-refractivity contribution >= 4 is 16.0 Å². The van der Waals surface area contributed by atoms with Crippen LogP contribution < -0.4 is 15.4 Å². The Morgan fingerprint density at radius 3 is 2.69 bits per heavy atom. The van der Waals surface area contributed by atoms with E-state index in [1.54, 1.807) is 6.26 Å². The van der Waals surface area contributed by atoms with E-state index in [-0.39, 0.29) is 6.04 Å². The van der Waals surface area contributed by atoms with E-state index < -0.39 is 10.0 Å². The number of furan rings is 1. The van der Waals surface area contributed by atoms with Gasteiger partial charge >= 0.3 is 0 Å². The number of hydrogen-bond acceptors (Lipinski definition) is 5. The Balaban J connectivity index is 1.88. The maximum absolute atomic E-state index is 11.1. The third-order valence-corrected chi connectivity index (χ3v) is 4.96. The van der Waals surface area contributed by atoms with Gasteiger partial charge < -0.3 is 15.1 Å². The molecule has 1 aliphatic rings. The van der Waals surface area contributed by atoms with Crippen molar-refractivity contribution < 1.29 is 12.8 Å². The Kier molecular flexibility index (Phi) is 8.40. The van der Waals surface area contributed by atoms with Gasteiger partial charge in [0.25, 0.3) is 0 Å². The second kappa shape index (κ2) is 10.5. The van der Waals surface area contributed by atoms with E-state index >= 15 is 0 Å². The summed E-state index contributed by atoms with van der Waals surface area (Å²) in [4.78, 5) is 7.13. The number of hydrogen-bond donors (Lipinski definition) is 3. The molecular weight excluding hydrogens is 354 g/mol. The van der Waals surface area contributed by atoms with Crippen LogP contribution in [0.15, 0.2) is 27.8 Å². The Hall–Kier alpha value is -1.58. The van der Waals surface area contributed by atoms with E-state index in [2.05, 4.69) is 20.3 Å². The summed E-state index contributed by atoms with van der Waals surface area (Å²) in [5.41, 5.74) is 0. The van der Waals surface area contributed by atoms with Gasteiger partial charge in [-0.25, -0.2) is 13.1 Å². The van der Waals surface area contributed by atoms with Crippen molar-refractivity contribution in [1.82, 2.24) is 20.3 Å². The van der Waals surface area contributed by atoms with Crippen LogP contribution in [-0.4, -0.2) is 64.8 Å². The van der Waals surface area contributed by atoms with Crippen molar-refractivity contribution in [2.45, 2.75) is 32.2 Å². The van der Waals surface area contributed by atoms with Crippen LogP contribution in [0, 0.1) is 0 Å². The second-order valence-corrected chi connectivity index (χ2v) is 8.27. The first-order chi connectivity index (χ1) is 12.5. The average Bonchev–Trinajstić information content (AvgIpc) is 3.27. The molecule has 2 heterocycles. The van der Waals surface area contributed by atoms with Gasteiger partial charge in [-0.2, -0.15) is 0 Å². The summed E-state index contributed by atoms with van der Waals surface area (Å²) in [7, 11) is -3.13. The highest BCUT2D eigenvalue weighted by atomic mass is 32.2. The van der Waals surface area contributed by atoms with Crippen LogP contribution in [0.5, 0.6) is 0 Å². The lowest BCUT2D eigenvalue weighted by Gasteiger charge is -2.24. The minimum absolute atomic E-state index is 0.148. The summed E-state index contributed by atoms with van der Waals surface area (Å²) < 4.78 is 30.2. The molecule has 0 spiro atoms. The molecule has 9 heteroatoms. The number of likely N-dealkylation sites (tertiary alicyclic amines) is 1. The molecule has 1 aromatic heterocycles. The van der Waals surface area contributed by atoms with Gasteiger partial charge in [0.1, 0.15) is 5.76 Å². The lowest BCUT2D eigenvalue weighted by atomic mass is 10.2. The van der Waals surface area contributed by atoms with Crippen molar-refractivity contribution in [3.05, 3.63) is 24.2 Å². The summed E-state index contributed by atoms with van der Waals surface area (Å²) >= 11 is 0. The van der Waals surface area contributed by atoms with E-state index in [0.29, 0.717) is 26.1 Å². The number of nitrogens with one attached hydrogen (secondary N) is 3. The number of nitrogens with zero attached hydrogens (tertiary/aromatic N) is 2. The molecule has 1 saturated heterocycles. The van der Waals surface area contributed by atoms with Crippen LogP contribution in [0.3, 0.4) is 0 Å². The molecule has 0 saturated carbocycles. The molecule has 3 N–H and O–H groups in total. The van der Waals surface area contributed by atoms with Crippen molar-refractivity contribution in [3.8, 4) is 0 Å². The van der Waals surface area contributed by atoms with Gasteiger partial charge in [-0.15, -0.1) is 0 Å². The van der Waals surface area contributed by atoms with E-state index in [0.717, 1.165) is 31.4 Å². The zero-order valence-electron chi connectivity index (χ0n) is 15.7. The van der Waals surface area contributed by atoms with Gasteiger partial charge in [0.05, 0.1) is 25.1 Å². The second-order valence-electron chi connectivity index (χ2n) is 6.44. The van der Waals surface area contributed by atoms with Crippen molar-refractivity contribution in [3.63, 3.8) is 0 Å². The fraction of sp³-hybridized carbons (Fsp3) is 0.706. The molecule has 1 unspecified atom stereocenters. The highest BCUT2D eigenvalue weighted by Crippen LogP contribution is 2.25. The van der Waals surface area contributed by atoms with E-state index in [1.807, 2.05) is 19.1 Å². The molecule has 148 valence electrons. The van der Waals surface area contributed by atoms with Gasteiger partial charge in [-0.05, 0) is 51.4 Å². The van der Waals surface area contributed by atoms with E-state index in [9.17, 15) is 8.42 Å². The predicted octanol–water partition coefficient (Wildman–Crippen LogP) is 0.911. The number of rotatable bonds is 10. The number of aliphatic imine (C=N–C) groups is 1. The van der Waals surface area contributed by atoms with Crippen LogP contribution in [0.25, 0.3) is 0 Å². The van der Waals surface area contributed by atoms with Crippen LogP contribution >= 0.6 is 0 Å². The van der Waals surface area contributed by atoms with Gasteiger partial charge in [-0.1, -0.05) is 0 Å². The smallest absolute Gasteiger partial charge is 0.208 e. The highest BCUT2D eigenvalue weighted by molar-refractivity contribution is 7.88. The fourth-order valence-corrected chi connectivity index (χ4v) is 3.51. The molecule has 0 aliphatic carbocycles. The molecule has 1 atom stereocenters. The van der Waals surface area contributed by atoms with Crippen molar-refractivity contribution in [2.24, 2.45) is 4.99 Å². The minimum atomic E-state index is -3.13. The Labute approximate surface area is 156 Å². The largest absolute Gasteiger partial charge is 0.468 e. The van der Waals surface area contributed by atoms with E-state index in [4.69, 9.17) is 9.41 Å². The van der Waals surface area contributed by atoms with Crippen molar-refractivity contribution in [2.75, 3.05) is 45.5 Å². The standard InChI is InChI=1S/C17H31N5O3S/c1-3-18-17(19-9-7-10-21-26(2,23)24)20-14-15(16-8-6-13-25-16)22-11-4-5-12-22/h6,8,13,15,21H,3-5,7,9-12,14H2,1-2H3,(H2,18,19,20). The first-order valence-corrected chi connectivity index (χ1v) is 11.1. The van der Waals surface area contributed by atoms with Gasteiger partial charge in [-0.3, -0.25) is 9.89 Å². The summed E-state index contributed by atoms with van der Waals surface area (Å²) in [5, 5.41) is 6.49. The summed E-state index contributed by atoms with van der Waals surface area (Å²) in [5.74, 6) is 1.69. The molecule has 0 amide bonds. The summed E-state index contributed by atoms with van der Waals surface area (Å²) in [6.45, 7) is 6.60. The van der Waals surface area contributed by atoms with Crippen LogP contribution in [-0.2, 0) is 10.0 Å². The first kappa shape index (κ1) is 20.7. The molecule has 1 fully saturated rings. The Bertz CT molecular complexity index is 639. The molecule has 1 aromatic rings. The normalized spacial score (nSPS) is 17.4. The Morgan fingerprint density at radius 2 is 2.08 bits per heavy atom. The van der Waals surface area contributed by atoms with Crippen LogP contribution in [0.1, 0.15) is 38.0 Å². The molecule has 26 heavy (non-hydrogen) atoms. The van der Waals surface area contributed by atoms with Gasteiger partial charge in [0, 0.05) is 19.6 Å². The van der Waals surface area contributed by atoms with Crippen molar-refractivity contribution in [1.29, 1.82) is 0 Å². The highest BCUT2D eigenvalue weighted by Gasteiger charge is 2.25. The maximum Gasteiger partial charge on any atom is 0.208 e. The molecule has 0 bridgehead atoms. The molecule has 2 rings (SSSR count). The predicted molar refractivity (Wildman–Crippen MR) is 104 cm³/mol. The average molecular weight is 386 g/mol. The third-order valence-electron chi connectivity index (χ3n) is 4.23. The molecule has 8 nitrogen and oxygen atoms in total. The molecular formula is C17H31N5O3S. The summed E-state index contributed by atoms with van der Waals surface area (Å²) in [6, 6.07) is 4.07. The zero-order valence-corrected chi connectivity index (χ0v) is 16.5. The van der Waals surface area contributed by atoms with Gasteiger partial charge in [0.15, 0.2) is 5.96 Å². The first-order valence-electron chi connectivity index (χ1n) is 9.24. The number of guanidine groups is 1. The monoisotopic (exact) mass is 385 g/mol. The number of sulfonamides is 1. The lowest BCUT2D eigenvalue weighted by molar-refractivity contribution is 0.221. The van der Waals surface area contributed by atoms with Crippen LogP contribution in [0.2, 0.25) is 0 Å². The minimum Gasteiger partial charge on any atom is -0.468 e. The fourth-order valence-electron chi connectivity index (χ4n) is 2.99. The quantitative estimate of drug-likeness (QED) is 0.315. The van der Waals surface area contributed by atoms with E-state index in [1.165, 1.54) is 19.1 Å². The zero-order chi connectivity index (χ0) is 18.8. The third kappa shape index (κ3) is 7.35. The maximum atomic E-state index is 11.1. The topological polar surface area (TPSA) is 99.0 Å². The van der Waals surface area contributed by atoms with Crippen LogP contribution in [0.4, 0.5) is 0 Å². The SMILES string of the molecule is CCNC(=NCC(c1ccco1)N1CCCC1)NCCCNS(C)(=O)=O. The molecule has 0 radical (unpaired) electrons. The molecule has 1 aliphatic heterocycles.